The fourth-order valence-electron chi connectivity index (χ4n) is 3.03. The molecule has 0 saturated heterocycles. The zero-order chi connectivity index (χ0) is 19.7. The number of hydrogen-bond acceptors (Lipinski definition) is 4. The summed E-state index contributed by atoms with van der Waals surface area (Å²) in [5.41, 5.74) is 9.73. The number of anilines is 1. The summed E-state index contributed by atoms with van der Waals surface area (Å²) in [5, 5.41) is 3.57. The number of benzene rings is 1. The summed E-state index contributed by atoms with van der Waals surface area (Å²) in [4.78, 5) is 23.8. The summed E-state index contributed by atoms with van der Waals surface area (Å²) >= 11 is 0. The number of hydrogen-bond donors (Lipinski definition) is 3. The number of carbonyl (C=O) groups is 1. The molecule has 1 atom stereocenters. The SMILES string of the molecule is CC(N)C(=O)Nc1ccc2c(-c3ccncc3)c(-c3ccc(F)cc3)[nH]c2n1. The third-order valence-corrected chi connectivity index (χ3v) is 4.42. The predicted octanol–water partition coefficient (Wildman–Crippen LogP) is 3.72. The second-order valence-electron chi connectivity index (χ2n) is 6.49. The van der Waals surface area contributed by atoms with E-state index in [0.29, 0.717) is 11.5 Å². The van der Waals surface area contributed by atoms with Gasteiger partial charge in [0.05, 0.1) is 11.7 Å². The third-order valence-electron chi connectivity index (χ3n) is 4.42. The van der Waals surface area contributed by atoms with Crippen LogP contribution in [0.2, 0.25) is 0 Å². The van der Waals surface area contributed by atoms with E-state index in [1.807, 2.05) is 18.2 Å². The maximum Gasteiger partial charge on any atom is 0.242 e. The molecule has 1 unspecified atom stereocenters. The number of pyridine rings is 2. The summed E-state index contributed by atoms with van der Waals surface area (Å²) in [6.07, 6.45) is 3.43. The molecule has 6 nitrogen and oxygen atoms in total. The van der Waals surface area contributed by atoms with Gasteiger partial charge in [0.1, 0.15) is 17.3 Å². The first-order chi connectivity index (χ1) is 13.5. The van der Waals surface area contributed by atoms with Crippen LogP contribution in [0.15, 0.2) is 60.9 Å². The van der Waals surface area contributed by atoms with Gasteiger partial charge in [-0.2, -0.15) is 0 Å². The van der Waals surface area contributed by atoms with Gasteiger partial charge in [-0.3, -0.25) is 9.78 Å². The lowest BCUT2D eigenvalue weighted by atomic mass is 10.00. The number of H-pyrrole nitrogens is 1. The van der Waals surface area contributed by atoms with Gasteiger partial charge in [0.25, 0.3) is 0 Å². The van der Waals surface area contributed by atoms with E-state index < -0.39 is 6.04 Å². The number of aromatic amines is 1. The van der Waals surface area contributed by atoms with E-state index in [4.69, 9.17) is 5.73 Å². The zero-order valence-electron chi connectivity index (χ0n) is 15.1. The van der Waals surface area contributed by atoms with Gasteiger partial charge in [-0.15, -0.1) is 0 Å². The van der Waals surface area contributed by atoms with Crippen molar-refractivity contribution in [1.29, 1.82) is 0 Å². The Kier molecular flexibility index (Phi) is 4.58. The van der Waals surface area contributed by atoms with Crippen molar-refractivity contribution in [2.75, 3.05) is 5.32 Å². The first-order valence-corrected chi connectivity index (χ1v) is 8.78. The highest BCUT2D eigenvalue weighted by molar-refractivity contribution is 6.03. The Labute approximate surface area is 160 Å². The summed E-state index contributed by atoms with van der Waals surface area (Å²) in [7, 11) is 0. The van der Waals surface area contributed by atoms with Crippen LogP contribution in [0.5, 0.6) is 0 Å². The van der Waals surface area contributed by atoms with E-state index in [2.05, 4.69) is 20.3 Å². The molecule has 0 saturated carbocycles. The molecule has 0 aliphatic rings. The van der Waals surface area contributed by atoms with Gasteiger partial charge in [0.2, 0.25) is 5.91 Å². The number of fused-ring (bicyclic) bond motifs is 1. The first kappa shape index (κ1) is 17.8. The van der Waals surface area contributed by atoms with Crippen molar-refractivity contribution >= 4 is 22.8 Å². The molecule has 140 valence electrons. The molecular weight excluding hydrogens is 357 g/mol. The van der Waals surface area contributed by atoms with Gasteiger partial charge < -0.3 is 16.0 Å². The molecule has 4 aromatic rings. The summed E-state index contributed by atoms with van der Waals surface area (Å²) in [5.74, 6) is -0.209. The van der Waals surface area contributed by atoms with E-state index in [0.717, 1.165) is 27.8 Å². The van der Waals surface area contributed by atoms with E-state index in [9.17, 15) is 9.18 Å². The Hall–Kier alpha value is -3.58. The fourth-order valence-corrected chi connectivity index (χ4v) is 3.03. The van der Waals surface area contributed by atoms with Crippen molar-refractivity contribution in [1.82, 2.24) is 15.0 Å². The van der Waals surface area contributed by atoms with E-state index in [1.165, 1.54) is 12.1 Å². The average Bonchev–Trinajstić information content (AvgIpc) is 3.07. The molecule has 3 heterocycles. The third kappa shape index (κ3) is 3.35. The Morgan fingerprint density at radius 1 is 1.07 bits per heavy atom. The number of carbonyl (C=O) groups excluding carboxylic acids is 1. The summed E-state index contributed by atoms with van der Waals surface area (Å²) < 4.78 is 13.4. The number of nitrogens with zero attached hydrogens (tertiary/aromatic N) is 2. The van der Waals surface area contributed by atoms with Crippen molar-refractivity contribution in [3.8, 4) is 22.4 Å². The van der Waals surface area contributed by atoms with E-state index in [1.54, 1.807) is 37.5 Å². The lowest BCUT2D eigenvalue weighted by Gasteiger charge is -2.07. The Bertz CT molecular complexity index is 1140. The maximum absolute atomic E-state index is 13.4. The van der Waals surface area contributed by atoms with E-state index >= 15 is 0 Å². The lowest BCUT2D eigenvalue weighted by molar-refractivity contribution is -0.117. The molecule has 0 aliphatic carbocycles. The van der Waals surface area contributed by atoms with Crippen LogP contribution >= 0.6 is 0 Å². The van der Waals surface area contributed by atoms with Gasteiger partial charge in [-0.25, -0.2) is 9.37 Å². The van der Waals surface area contributed by atoms with Crippen molar-refractivity contribution in [3.05, 3.63) is 66.7 Å². The van der Waals surface area contributed by atoms with Crippen LogP contribution in [-0.4, -0.2) is 26.9 Å². The molecule has 1 amide bonds. The van der Waals surface area contributed by atoms with Gasteiger partial charge in [0, 0.05) is 23.3 Å². The topological polar surface area (TPSA) is 96.7 Å². The second kappa shape index (κ2) is 7.21. The number of amides is 1. The van der Waals surface area contributed by atoms with Gasteiger partial charge in [-0.05, 0) is 66.6 Å². The molecule has 3 aromatic heterocycles. The zero-order valence-corrected chi connectivity index (χ0v) is 15.1. The normalized spacial score (nSPS) is 12.1. The van der Waals surface area contributed by atoms with Crippen LogP contribution in [0.3, 0.4) is 0 Å². The quantitative estimate of drug-likeness (QED) is 0.506. The van der Waals surface area contributed by atoms with Crippen LogP contribution in [-0.2, 0) is 4.79 Å². The van der Waals surface area contributed by atoms with Gasteiger partial charge in [0.15, 0.2) is 0 Å². The smallest absolute Gasteiger partial charge is 0.242 e. The lowest BCUT2D eigenvalue weighted by Crippen LogP contribution is -2.32. The number of rotatable bonds is 4. The molecule has 1 aromatic carbocycles. The molecule has 7 heteroatoms. The molecule has 4 N–H and O–H groups in total. The van der Waals surface area contributed by atoms with Gasteiger partial charge >= 0.3 is 0 Å². The van der Waals surface area contributed by atoms with Crippen LogP contribution in [0.25, 0.3) is 33.4 Å². The van der Waals surface area contributed by atoms with Crippen molar-refractivity contribution in [2.24, 2.45) is 5.73 Å². The first-order valence-electron chi connectivity index (χ1n) is 8.78. The molecule has 0 spiro atoms. The number of nitrogens with one attached hydrogen (secondary N) is 2. The number of halogens is 1. The highest BCUT2D eigenvalue weighted by atomic mass is 19.1. The average molecular weight is 375 g/mol. The van der Waals surface area contributed by atoms with E-state index in [-0.39, 0.29) is 11.7 Å². The highest BCUT2D eigenvalue weighted by Crippen LogP contribution is 2.38. The fraction of sp³-hybridized carbons (Fsp3) is 0.0952. The molecule has 0 aliphatic heterocycles. The van der Waals surface area contributed by atoms with Crippen molar-refractivity contribution < 1.29 is 9.18 Å². The minimum absolute atomic E-state index is 0.302. The second-order valence-corrected chi connectivity index (χ2v) is 6.49. The van der Waals surface area contributed by atoms with Gasteiger partial charge in [-0.1, -0.05) is 0 Å². The Morgan fingerprint density at radius 2 is 1.79 bits per heavy atom. The summed E-state index contributed by atoms with van der Waals surface area (Å²) in [6.45, 7) is 1.61. The summed E-state index contributed by atoms with van der Waals surface area (Å²) in [6, 6.07) is 13.0. The van der Waals surface area contributed by atoms with Crippen LogP contribution < -0.4 is 11.1 Å². The predicted molar refractivity (Wildman–Crippen MR) is 107 cm³/mol. The highest BCUT2D eigenvalue weighted by Gasteiger charge is 2.17. The molecule has 0 fully saturated rings. The Balaban J connectivity index is 1.89. The molecular formula is C21H18FN5O. The van der Waals surface area contributed by atoms with Crippen molar-refractivity contribution in [2.45, 2.75) is 13.0 Å². The van der Waals surface area contributed by atoms with Crippen molar-refractivity contribution in [3.63, 3.8) is 0 Å². The van der Waals surface area contributed by atoms with Crippen LogP contribution in [0, 0.1) is 5.82 Å². The largest absolute Gasteiger partial charge is 0.339 e. The molecule has 0 bridgehead atoms. The minimum Gasteiger partial charge on any atom is -0.339 e. The standard InChI is InChI=1S/C21H18FN5O/c1-12(23)21(28)26-17-7-6-16-18(13-8-10-24-11-9-13)19(27-20(16)25-17)14-2-4-15(22)5-3-14/h2-12H,23H2,1H3,(H2,25,26,27,28). The Morgan fingerprint density at radius 3 is 2.46 bits per heavy atom. The monoisotopic (exact) mass is 375 g/mol. The molecule has 4 rings (SSSR count). The molecule has 0 radical (unpaired) electrons. The minimum atomic E-state index is -0.636. The van der Waals surface area contributed by atoms with Crippen LogP contribution in [0.4, 0.5) is 10.2 Å². The van der Waals surface area contributed by atoms with Crippen LogP contribution in [0.1, 0.15) is 6.92 Å². The number of aromatic nitrogens is 3. The number of nitrogens with two attached hydrogens (primary N) is 1. The maximum atomic E-state index is 13.4. The molecule has 28 heavy (non-hydrogen) atoms.